The quantitative estimate of drug-likeness (QED) is 0.411. The predicted molar refractivity (Wildman–Crippen MR) is 104 cm³/mol. The van der Waals surface area contributed by atoms with Crippen LogP contribution in [0.1, 0.15) is 60.3 Å². The van der Waals surface area contributed by atoms with Crippen molar-refractivity contribution >= 4 is 17.7 Å². The Labute approximate surface area is 162 Å². The standard InChI is InChI=1S/C19H36N4O4/c1-11(2)10-15(21-13(5)24)18(26)23-16(12(3)4)19(27)22-14-8-6-7-9-20-17(14)25/h11-12,14-17,20,25H,6-10H2,1-5H3,(H,21,24)(H,22,27)(H,23,26)/t14-,15-,16-,17?/m0/s1. The Balaban J connectivity index is 2.78. The summed E-state index contributed by atoms with van der Waals surface area (Å²) >= 11 is 0. The fourth-order valence-corrected chi connectivity index (χ4v) is 3.20. The summed E-state index contributed by atoms with van der Waals surface area (Å²) in [6.07, 6.45) is 2.23. The van der Waals surface area contributed by atoms with Crippen molar-refractivity contribution in [2.24, 2.45) is 11.8 Å². The first-order valence-electron chi connectivity index (χ1n) is 9.91. The number of aliphatic hydroxyl groups is 1. The fraction of sp³-hybridized carbons (Fsp3) is 0.842. The average molecular weight is 385 g/mol. The Kier molecular flexibility index (Phi) is 9.73. The Bertz CT molecular complexity index is 510. The monoisotopic (exact) mass is 384 g/mol. The van der Waals surface area contributed by atoms with E-state index in [0.29, 0.717) is 19.4 Å². The highest BCUT2D eigenvalue weighted by atomic mass is 16.3. The summed E-state index contributed by atoms with van der Waals surface area (Å²) in [7, 11) is 0. The van der Waals surface area contributed by atoms with Gasteiger partial charge in [-0.25, -0.2) is 0 Å². The third kappa shape index (κ3) is 8.26. The maximum absolute atomic E-state index is 12.8. The van der Waals surface area contributed by atoms with Crippen molar-refractivity contribution in [2.45, 2.75) is 84.7 Å². The van der Waals surface area contributed by atoms with Crippen molar-refractivity contribution in [3.63, 3.8) is 0 Å². The molecule has 1 aliphatic heterocycles. The summed E-state index contributed by atoms with van der Waals surface area (Å²) in [5.41, 5.74) is 0. The summed E-state index contributed by atoms with van der Waals surface area (Å²) in [4.78, 5) is 36.9. The van der Waals surface area contributed by atoms with Gasteiger partial charge in [-0.1, -0.05) is 27.7 Å². The average Bonchev–Trinajstić information content (AvgIpc) is 2.75. The van der Waals surface area contributed by atoms with E-state index in [0.717, 1.165) is 12.8 Å². The van der Waals surface area contributed by atoms with Gasteiger partial charge in [0.1, 0.15) is 18.3 Å². The highest BCUT2D eigenvalue weighted by Crippen LogP contribution is 2.11. The highest BCUT2D eigenvalue weighted by molar-refractivity contribution is 5.92. The maximum atomic E-state index is 12.8. The number of rotatable bonds is 8. The van der Waals surface area contributed by atoms with Gasteiger partial charge < -0.3 is 21.1 Å². The van der Waals surface area contributed by atoms with Crippen LogP contribution in [-0.2, 0) is 14.4 Å². The molecule has 1 fully saturated rings. The summed E-state index contributed by atoms with van der Waals surface area (Å²) in [5, 5.41) is 21.4. The van der Waals surface area contributed by atoms with E-state index in [-0.39, 0.29) is 35.6 Å². The molecule has 0 aromatic heterocycles. The van der Waals surface area contributed by atoms with Gasteiger partial charge in [-0.2, -0.15) is 0 Å². The van der Waals surface area contributed by atoms with E-state index >= 15 is 0 Å². The molecule has 0 saturated carbocycles. The molecule has 1 saturated heterocycles. The van der Waals surface area contributed by atoms with Crippen LogP contribution in [0.5, 0.6) is 0 Å². The molecule has 3 amide bonds. The lowest BCUT2D eigenvalue weighted by Crippen LogP contribution is -2.58. The molecule has 8 nitrogen and oxygen atoms in total. The van der Waals surface area contributed by atoms with E-state index in [9.17, 15) is 19.5 Å². The molecule has 8 heteroatoms. The second kappa shape index (κ2) is 11.2. The van der Waals surface area contributed by atoms with Gasteiger partial charge >= 0.3 is 0 Å². The summed E-state index contributed by atoms with van der Waals surface area (Å²) < 4.78 is 0. The summed E-state index contributed by atoms with van der Waals surface area (Å²) in [6.45, 7) is 9.72. The van der Waals surface area contributed by atoms with Crippen LogP contribution in [0, 0.1) is 11.8 Å². The van der Waals surface area contributed by atoms with E-state index in [2.05, 4.69) is 21.3 Å². The van der Waals surface area contributed by atoms with Crippen molar-refractivity contribution in [1.82, 2.24) is 21.3 Å². The molecule has 0 aromatic carbocycles. The number of aliphatic hydroxyl groups excluding tert-OH is 1. The third-order valence-corrected chi connectivity index (χ3v) is 4.65. The minimum atomic E-state index is -0.798. The second-order valence-corrected chi connectivity index (χ2v) is 8.12. The molecule has 0 aliphatic carbocycles. The first-order valence-corrected chi connectivity index (χ1v) is 9.91. The topological polar surface area (TPSA) is 120 Å². The zero-order chi connectivity index (χ0) is 20.6. The summed E-state index contributed by atoms with van der Waals surface area (Å²) in [6, 6.07) is -1.81. The number of hydrogen-bond donors (Lipinski definition) is 5. The molecule has 1 aliphatic rings. The van der Waals surface area contributed by atoms with Gasteiger partial charge in [0, 0.05) is 6.92 Å². The number of carbonyl (C=O) groups excluding carboxylic acids is 3. The molecule has 0 bridgehead atoms. The van der Waals surface area contributed by atoms with Crippen LogP contribution < -0.4 is 21.3 Å². The number of amides is 3. The second-order valence-electron chi connectivity index (χ2n) is 8.12. The predicted octanol–water partition coefficient (Wildman–Crippen LogP) is 0.255. The van der Waals surface area contributed by atoms with Gasteiger partial charge in [0.25, 0.3) is 0 Å². The molecular formula is C19H36N4O4. The first-order chi connectivity index (χ1) is 12.6. The van der Waals surface area contributed by atoms with E-state index in [1.165, 1.54) is 6.92 Å². The molecule has 4 atom stereocenters. The van der Waals surface area contributed by atoms with Crippen LogP contribution in [0.2, 0.25) is 0 Å². The SMILES string of the molecule is CC(=O)N[C@@H](CC(C)C)C(=O)N[C@H](C(=O)N[C@H]1CCCCNC1O)C(C)C. The molecule has 0 radical (unpaired) electrons. The van der Waals surface area contributed by atoms with Crippen molar-refractivity contribution < 1.29 is 19.5 Å². The Morgan fingerprint density at radius 3 is 2.30 bits per heavy atom. The molecule has 156 valence electrons. The van der Waals surface area contributed by atoms with Crippen LogP contribution in [0.3, 0.4) is 0 Å². The van der Waals surface area contributed by atoms with Gasteiger partial charge in [0.2, 0.25) is 17.7 Å². The first kappa shape index (κ1) is 23.4. The molecule has 1 unspecified atom stereocenters. The van der Waals surface area contributed by atoms with Crippen molar-refractivity contribution in [3.05, 3.63) is 0 Å². The molecule has 1 heterocycles. The zero-order valence-corrected chi connectivity index (χ0v) is 17.2. The molecule has 1 rings (SSSR count). The molecule has 0 aromatic rings. The number of nitrogens with one attached hydrogen (secondary N) is 4. The minimum absolute atomic E-state index is 0.137. The third-order valence-electron chi connectivity index (χ3n) is 4.65. The lowest BCUT2D eigenvalue weighted by Gasteiger charge is -2.29. The lowest BCUT2D eigenvalue weighted by atomic mass is 9.99. The molecule has 5 N–H and O–H groups in total. The normalized spacial score (nSPS) is 22.7. The van der Waals surface area contributed by atoms with Crippen LogP contribution in [0.15, 0.2) is 0 Å². The fourth-order valence-electron chi connectivity index (χ4n) is 3.20. The van der Waals surface area contributed by atoms with E-state index < -0.39 is 18.3 Å². The van der Waals surface area contributed by atoms with Gasteiger partial charge in [-0.05, 0) is 44.1 Å². The smallest absolute Gasteiger partial charge is 0.243 e. The van der Waals surface area contributed by atoms with E-state index in [1.54, 1.807) is 0 Å². The van der Waals surface area contributed by atoms with Gasteiger partial charge in [0.05, 0.1) is 6.04 Å². The molecule has 27 heavy (non-hydrogen) atoms. The van der Waals surface area contributed by atoms with Crippen LogP contribution in [-0.4, -0.2) is 53.7 Å². The minimum Gasteiger partial charge on any atom is -0.376 e. The number of hydrogen-bond acceptors (Lipinski definition) is 5. The Morgan fingerprint density at radius 1 is 1.07 bits per heavy atom. The highest BCUT2D eigenvalue weighted by Gasteiger charge is 2.31. The van der Waals surface area contributed by atoms with Crippen molar-refractivity contribution in [2.75, 3.05) is 6.54 Å². The largest absolute Gasteiger partial charge is 0.376 e. The molecular weight excluding hydrogens is 348 g/mol. The van der Waals surface area contributed by atoms with Crippen LogP contribution in [0.25, 0.3) is 0 Å². The van der Waals surface area contributed by atoms with Crippen molar-refractivity contribution in [1.29, 1.82) is 0 Å². The molecule has 0 spiro atoms. The van der Waals surface area contributed by atoms with Crippen LogP contribution in [0.4, 0.5) is 0 Å². The van der Waals surface area contributed by atoms with Crippen LogP contribution >= 0.6 is 0 Å². The maximum Gasteiger partial charge on any atom is 0.243 e. The van der Waals surface area contributed by atoms with Gasteiger partial charge in [-0.3, -0.25) is 19.7 Å². The lowest BCUT2D eigenvalue weighted by molar-refractivity contribution is -0.133. The number of carbonyl (C=O) groups is 3. The van der Waals surface area contributed by atoms with Crippen molar-refractivity contribution in [3.8, 4) is 0 Å². The Hall–Kier alpha value is -1.67. The van der Waals surface area contributed by atoms with Gasteiger partial charge in [0.15, 0.2) is 0 Å². The zero-order valence-electron chi connectivity index (χ0n) is 17.2. The summed E-state index contributed by atoms with van der Waals surface area (Å²) in [5.74, 6) is -0.897. The van der Waals surface area contributed by atoms with Gasteiger partial charge in [-0.15, -0.1) is 0 Å². The Morgan fingerprint density at radius 2 is 1.74 bits per heavy atom. The van der Waals surface area contributed by atoms with E-state index in [1.807, 2.05) is 27.7 Å². The van der Waals surface area contributed by atoms with E-state index in [4.69, 9.17) is 0 Å².